The van der Waals surface area contributed by atoms with E-state index >= 15 is 0 Å². The van der Waals surface area contributed by atoms with Crippen molar-refractivity contribution in [2.45, 2.75) is 25.6 Å². The Hall–Kier alpha value is -2.64. The average molecular weight is 350 g/mol. The molecule has 0 saturated carbocycles. The number of rotatable bonds is 6. The lowest BCUT2D eigenvalue weighted by Gasteiger charge is -2.31. The number of aromatic nitrogens is 5. The van der Waals surface area contributed by atoms with E-state index in [2.05, 4.69) is 31.2 Å². The van der Waals surface area contributed by atoms with Gasteiger partial charge in [0.05, 0.1) is 30.3 Å². The Balaban J connectivity index is 1.44. The van der Waals surface area contributed by atoms with Gasteiger partial charge in [-0.05, 0) is 24.3 Å². The van der Waals surface area contributed by atoms with Gasteiger partial charge in [0.1, 0.15) is 5.69 Å². The molecule has 7 nitrogen and oxygen atoms in total. The molecule has 0 unspecified atom stereocenters. The zero-order chi connectivity index (χ0) is 17.8. The summed E-state index contributed by atoms with van der Waals surface area (Å²) in [6.07, 6.45) is 3.62. The minimum atomic E-state index is 0.228. The van der Waals surface area contributed by atoms with Crippen LogP contribution in [0.3, 0.4) is 0 Å². The molecule has 26 heavy (non-hydrogen) atoms. The highest BCUT2D eigenvalue weighted by molar-refractivity contribution is 5.20. The van der Waals surface area contributed by atoms with Crippen LogP contribution in [0, 0.1) is 0 Å². The van der Waals surface area contributed by atoms with Crippen LogP contribution in [0.25, 0.3) is 0 Å². The Morgan fingerprint density at radius 1 is 1.08 bits per heavy atom. The molecule has 0 N–H and O–H groups in total. The highest BCUT2D eigenvalue weighted by Crippen LogP contribution is 2.27. The summed E-state index contributed by atoms with van der Waals surface area (Å²) >= 11 is 0. The van der Waals surface area contributed by atoms with Crippen LogP contribution < -0.4 is 0 Å². The maximum Gasteiger partial charge on any atom is 0.100 e. The monoisotopic (exact) mass is 350 g/mol. The Morgan fingerprint density at radius 2 is 1.85 bits per heavy atom. The van der Waals surface area contributed by atoms with Gasteiger partial charge in [-0.2, -0.15) is 0 Å². The van der Waals surface area contributed by atoms with E-state index in [0.717, 1.165) is 36.7 Å². The summed E-state index contributed by atoms with van der Waals surface area (Å²) in [4.78, 5) is 11.1. The van der Waals surface area contributed by atoms with Crippen LogP contribution >= 0.6 is 0 Å². The summed E-state index contributed by atoms with van der Waals surface area (Å²) < 4.78 is 7.84. The third-order valence-electron chi connectivity index (χ3n) is 4.59. The molecule has 0 saturated heterocycles. The van der Waals surface area contributed by atoms with Crippen molar-refractivity contribution in [1.29, 1.82) is 0 Å². The molecular weight excluding hydrogens is 328 g/mol. The number of hydrogen-bond donors (Lipinski definition) is 0. The minimum Gasteiger partial charge on any atom is -0.374 e. The van der Waals surface area contributed by atoms with Gasteiger partial charge < -0.3 is 4.74 Å². The van der Waals surface area contributed by atoms with Gasteiger partial charge in [-0.15, -0.1) is 5.10 Å². The number of aryl methyl sites for hydroxylation is 1. The van der Waals surface area contributed by atoms with Gasteiger partial charge >= 0.3 is 0 Å². The predicted octanol–water partition coefficient (Wildman–Crippen LogP) is 1.92. The van der Waals surface area contributed by atoms with Crippen molar-refractivity contribution < 1.29 is 4.74 Å². The summed E-state index contributed by atoms with van der Waals surface area (Å²) in [5, 5.41) is 8.56. The lowest BCUT2D eigenvalue weighted by molar-refractivity contribution is 0.0809. The Labute approximate surface area is 152 Å². The number of ether oxygens (including phenoxy) is 1. The molecule has 3 aromatic rings. The van der Waals surface area contributed by atoms with Crippen LogP contribution in [-0.4, -0.2) is 43.0 Å². The van der Waals surface area contributed by atoms with E-state index in [1.807, 2.05) is 48.3 Å². The molecule has 0 amide bonds. The summed E-state index contributed by atoms with van der Waals surface area (Å²) in [6, 6.07) is 11.9. The fourth-order valence-electron chi connectivity index (χ4n) is 3.46. The highest BCUT2D eigenvalue weighted by Gasteiger charge is 2.30. The first-order chi connectivity index (χ1) is 12.8. The van der Waals surface area contributed by atoms with E-state index in [4.69, 9.17) is 4.74 Å². The summed E-state index contributed by atoms with van der Waals surface area (Å²) in [7, 11) is 1.95. The second kappa shape index (κ2) is 7.72. The van der Waals surface area contributed by atoms with Crippen molar-refractivity contribution in [2.75, 3.05) is 13.2 Å². The zero-order valence-electron chi connectivity index (χ0n) is 14.8. The van der Waals surface area contributed by atoms with Gasteiger partial charge in [0, 0.05) is 45.0 Å². The van der Waals surface area contributed by atoms with E-state index < -0.39 is 0 Å². The molecule has 1 atom stereocenters. The maximum atomic E-state index is 5.97. The lowest BCUT2D eigenvalue weighted by atomic mass is 9.99. The Kier molecular flexibility index (Phi) is 4.99. The molecule has 4 heterocycles. The first kappa shape index (κ1) is 16.8. The van der Waals surface area contributed by atoms with E-state index in [0.29, 0.717) is 13.2 Å². The normalized spacial score (nSPS) is 17.2. The third kappa shape index (κ3) is 3.79. The van der Waals surface area contributed by atoms with Crippen LogP contribution in [0.5, 0.6) is 0 Å². The van der Waals surface area contributed by atoms with Crippen molar-refractivity contribution in [3.8, 4) is 0 Å². The van der Waals surface area contributed by atoms with Gasteiger partial charge in [0.15, 0.2) is 0 Å². The van der Waals surface area contributed by atoms with Crippen LogP contribution in [0.1, 0.15) is 28.7 Å². The fraction of sp³-hybridized carbons (Fsp3) is 0.368. The molecule has 4 rings (SSSR count). The third-order valence-corrected chi connectivity index (χ3v) is 4.59. The van der Waals surface area contributed by atoms with Crippen molar-refractivity contribution in [2.24, 2.45) is 7.05 Å². The maximum absolute atomic E-state index is 5.97. The van der Waals surface area contributed by atoms with Crippen LogP contribution in [-0.2, 0) is 31.5 Å². The molecule has 0 fully saturated rings. The number of nitrogens with zero attached hydrogens (tertiary/aromatic N) is 6. The molecule has 134 valence electrons. The van der Waals surface area contributed by atoms with Crippen molar-refractivity contribution in [3.63, 3.8) is 0 Å². The van der Waals surface area contributed by atoms with Gasteiger partial charge in [-0.25, -0.2) is 0 Å². The van der Waals surface area contributed by atoms with Crippen molar-refractivity contribution in [1.82, 2.24) is 29.9 Å². The van der Waals surface area contributed by atoms with Crippen LogP contribution in [0.15, 0.2) is 48.8 Å². The molecule has 7 heteroatoms. The minimum absolute atomic E-state index is 0.228. The summed E-state index contributed by atoms with van der Waals surface area (Å²) in [5.41, 5.74) is 4.20. The molecule has 0 aliphatic carbocycles. The largest absolute Gasteiger partial charge is 0.374 e. The molecular formula is C19H22N6O. The van der Waals surface area contributed by atoms with Crippen LogP contribution in [0.4, 0.5) is 0 Å². The van der Waals surface area contributed by atoms with E-state index in [-0.39, 0.29) is 5.92 Å². The second-order valence-electron chi connectivity index (χ2n) is 6.57. The van der Waals surface area contributed by atoms with E-state index in [9.17, 15) is 0 Å². The molecule has 0 bridgehead atoms. The number of pyridine rings is 2. The van der Waals surface area contributed by atoms with Gasteiger partial charge in [-0.3, -0.25) is 19.5 Å². The predicted molar refractivity (Wildman–Crippen MR) is 96.0 cm³/mol. The van der Waals surface area contributed by atoms with E-state index in [1.165, 1.54) is 5.69 Å². The van der Waals surface area contributed by atoms with Crippen molar-refractivity contribution in [3.05, 3.63) is 71.6 Å². The summed E-state index contributed by atoms with van der Waals surface area (Å²) in [6.45, 7) is 3.61. The fourth-order valence-corrected chi connectivity index (χ4v) is 3.46. The highest BCUT2D eigenvalue weighted by atomic mass is 16.5. The van der Waals surface area contributed by atoms with Gasteiger partial charge in [0.25, 0.3) is 0 Å². The molecule has 0 aromatic carbocycles. The molecule has 1 aliphatic rings. The summed E-state index contributed by atoms with van der Waals surface area (Å²) in [5.74, 6) is 0.228. The van der Waals surface area contributed by atoms with Crippen molar-refractivity contribution >= 4 is 0 Å². The molecule has 0 radical (unpaired) electrons. The smallest absolute Gasteiger partial charge is 0.100 e. The number of fused-ring (bicyclic) bond motifs is 1. The van der Waals surface area contributed by atoms with Gasteiger partial charge in [-0.1, -0.05) is 17.3 Å². The second-order valence-corrected chi connectivity index (χ2v) is 6.57. The van der Waals surface area contributed by atoms with Crippen LogP contribution in [0.2, 0.25) is 0 Å². The Bertz CT molecular complexity index is 836. The average Bonchev–Trinajstić information content (AvgIpc) is 3.04. The SMILES string of the molecule is Cn1nnc2c1[C@H](COCc1ccccn1)CN(Cc1ccccn1)C2. The quantitative estimate of drug-likeness (QED) is 0.677. The first-order valence-electron chi connectivity index (χ1n) is 8.78. The number of hydrogen-bond acceptors (Lipinski definition) is 6. The topological polar surface area (TPSA) is 69.0 Å². The molecule has 3 aromatic heterocycles. The van der Waals surface area contributed by atoms with Gasteiger partial charge in [0.2, 0.25) is 0 Å². The van der Waals surface area contributed by atoms with E-state index in [1.54, 1.807) is 6.20 Å². The first-order valence-corrected chi connectivity index (χ1v) is 8.78. The standard InChI is InChI=1S/C19H22N6O/c1-24-19-15(13-26-14-17-7-3-5-9-21-17)10-25(12-18(19)22-23-24)11-16-6-2-4-8-20-16/h2-9,15H,10-14H2,1H3/t15-/m0/s1. The lowest BCUT2D eigenvalue weighted by Crippen LogP contribution is -2.36. The Morgan fingerprint density at radius 3 is 2.58 bits per heavy atom. The molecule has 0 spiro atoms. The molecule has 1 aliphatic heterocycles. The zero-order valence-corrected chi connectivity index (χ0v) is 14.8.